The van der Waals surface area contributed by atoms with Gasteiger partial charge in [0.15, 0.2) is 5.78 Å². The van der Waals surface area contributed by atoms with E-state index in [1.54, 1.807) is 0 Å². The molecule has 1 aliphatic rings. The van der Waals surface area contributed by atoms with Crippen LogP contribution in [0.15, 0.2) is 24.3 Å². The van der Waals surface area contributed by atoms with E-state index in [0.29, 0.717) is 6.61 Å². The Morgan fingerprint density at radius 2 is 2.36 bits per heavy atom. The molecule has 1 heterocycles. The fourth-order valence-corrected chi connectivity index (χ4v) is 1.78. The van der Waals surface area contributed by atoms with E-state index in [1.165, 1.54) is 5.56 Å². The lowest BCUT2D eigenvalue weighted by Crippen LogP contribution is -2.09. The van der Waals surface area contributed by atoms with Gasteiger partial charge < -0.3 is 4.74 Å². The molecule has 0 radical (unpaired) electrons. The minimum absolute atomic E-state index is 0.0264. The summed E-state index contributed by atoms with van der Waals surface area (Å²) in [5, 5.41) is 0. The zero-order chi connectivity index (χ0) is 9.97. The van der Waals surface area contributed by atoms with Gasteiger partial charge in [-0.05, 0) is 17.5 Å². The van der Waals surface area contributed by atoms with Gasteiger partial charge in [0.2, 0.25) is 0 Å². The van der Waals surface area contributed by atoms with E-state index in [4.69, 9.17) is 4.74 Å². The van der Waals surface area contributed by atoms with Gasteiger partial charge in [-0.1, -0.05) is 31.2 Å². The number of rotatable bonds is 2. The molecule has 1 aromatic carbocycles. The quantitative estimate of drug-likeness (QED) is 0.712. The molecule has 0 spiro atoms. The molecule has 0 amide bonds. The van der Waals surface area contributed by atoms with Gasteiger partial charge >= 0.3 is 0 Å². The van der Waals surface area contributed by atoms with Crippen molar-refractivity contribution < 1.29 is 9.53 Å². The summed E-state index contributed by atoms with van der Waals surface area (Å²) in [4.78, 5) is 11.4. The van der Waals surface area contributed by atoms with Crippen molar-refractivity contribution in [2.75, 3.05) is 13.2 Å². The molecule has 2 heteroatoms. The molecule has 2 nitrogen and oxygen atoms in total. The molecule has 1 saturated heterocycles. The van der Waals surface area contributed by atoms with Crippen LogP contribution < -0.4 is 0 Å². The Kier molecular flexibility index (Phi) is 2.64. The second kappa shape index (κ2) is 3.93. The molecule has 14 heavy (non-hydrogen) atoms. The molecule has 0 aromatic heterocycles. The summed E-state index contributed by atoms with van der Waals surface area (Å²) >= 11 is 0. The van der Waals surface area contributed by atoms with Gasteiger partial charge in [-0.15, -0.1) is 0 Å². The number of carbonyl (C=O) groups excluding carboxylic acids is 1. The third kappa shape index (κ3) is 1.70. The third-order valence-corrected chi connectivity index (χ3v) is 2.68. The molecule has 1 atom stereocenters. The number of ether oxygens (including phenoxy) is 1. The number of hydrogen-bond donors (Lipinski definition) is 0. The Morgan fingerprint density at radius 3 is 3.00 bits per heavy atom. The van der Waals surface area contributed by atoms with E-state index in [2.05, 4.69) is 19.1 Å². The summed E-state index contributed by atoms with van der Waals surface area (Å²) in [5.41, 5.74) is 2.38. The predicted octanol–water partition coefficient (Wildman–Crippen LogP) is 1.93. The number of carbonyl (C=O) groups is 1. The van der Waals surface area contributed by atoms with Crippen molar-refractivity contribution in [1.29, 1.82) is 0 Å². The Hall–Kier alpha value is -1.15. The third-order valence-electron chi connectivity index (χ3n) is 2.68. The monoisotopic (exact) mass is 190 g/mol. The lowest BCUT2D eigenvalue weighted by molar-refractivity contribution is -0.118. The summed E-state index contributed by atoms with van der Waals surface area (Å²) in [6.07, 6.45) is 1.01. The van der Waals surface area contributed by atoms with Gasteiger partial charge in [-0.3, -0.25) is 4.79 Å². The van der Waals surface area contributed by atoms with Gasteiger partial charge in [0.05, 0.1) is 12.5 Å². The fourth-order valence-electron chi connectivity index (χ4n) is 1.78. The van der Waals surface area contributed by atoms with Crippen molar-refractivity contribution in [1.82, 2.24) is 0 Å². The highest BCUT2D eigenvalue weighted by Crippen LogP contribution is 2.23. The molecule has 2 rings (SSSR count). The SMILES string of the molecule is CCc1cccc(C2COCC2=O)c1. The standard InChI is InChI=1S/C12H14O2/c1-2-9-4-3-5-10(6-9)11-7-14-8-12(11)13/h3-6,11H,2,7-8H2,1H3. The second-order valence-electron chi connectivity index (χ2n) is 3.63. The predicted molar refractivity (Wildman–Crippen MR) is 54.4 cm³/mol. The van der Waals surface area contributed by atoms with Crippen molar-refractivity contribution in [2.45, 2.75) is 19.3 Å². The van der Waals surface area contributed by atoms with Crippen LogP contribution in [0.25, 0.3) is 0 Å². The van der Waals surface area contributed by atoms with Crippen molar-refractivity contribution in [2.24, 2.45) is 0 Å². The number of benzene rings is 1. The average Bonchev–Trinajstić information content (AvgIpc) is 2.65. The van der Waals surface area contributed by atoms with Crippen molar-refractivity contribution in [3.8, 4) is 0 Å². The topological polar surface area (TPSA) is 26.3 Å². The summed E-state index contributed by atoms with van der Waals surface area (Å²) < 4.78 is 5.15. The van der Waals surface area contributed by atoms with Gasteiger partial charge in [-0.25, -0.2) is 0 Å². The fraction of sp³-hybridized carbons (Fsp3) is 0.417. The first-order valence-corrected chi connectivity index (χ1v) is 5.00. The van der Waals surface area contributed by atoms with Crippen LogP contribution in [0.4, 0.5) is 0 Å². The molecule has 1 aliphatic heterocycles. The van der Waals surface area contributed by atoms with Crippen LogP contribution in [0.1, 0.15) is 24.0 Å². The van der Waals surface area contributed by atoms with E-state index in [-0.39, 0.29) is 18.3 Å². The first-order valence-electron chi connectivity index (χ1n) is 5.00. The average molecular weight is 190 g/mol. The number of ketones is 1. The summed E-state index contributed by atoms with van der Waals surface area (Å²) in [6, 6.07) is 8.22. The highest BCUT2D eigenvalue weighted by molar-refractivity contribution is 5.88. The van der Waals surface area contributed by atoms with Crippen LogP contribution in [0.5, 0.6) is 0 Å². The van der Waals surface area contributed by atoms with Gasteiger partial charge in [-0.2, -0.15) is 0 Å². The number of hydrogen-bond acceptors (Lipinski definition) is 2. The summed E-state index contributed by atoms with van der Waals surface area (Å²) in [7, 11) is 0. The van der Waals surface area contributed by atoms with E-state index in [1.807, 2.05) is 12.1 Å². The van der Waals surface area contributed by atoms with E-state index in [0.717, 1.165) is 12.0 Å². The first kappa shape index (κ1) is 9.41. The summed E-state index contributed by atoms with van der Waals surface area (Å²) in [5.74, 6) is 0.180. The minimum Gasteiger partial charge on any atom is -0.373 e. The molecule has 1 unspecified atom stereocenters. The zero-order valence-corrected chi connectivity index (χ0v) is 8.32. The molecular weight excluding hydrogens is 176 g/mol. The minimum atomic E-state index is -0.0264. The summed E-state index contributed by atoms with van der Waals surface area (Å²) in [6.45, 7) is 2.94. The zero-order valence-electron chi connectivity index (χ0n) is 8.32. The number of aryl methyl sites for hydroxylation is 1. The van der Waals surface area contributed by atoms with E-state index in [9.17, 15) is 4.79 Å². The van der Waals surface area contributed by atoms with Crippen LogP contribution in [0.3, 0.4) is 0 Å². The highest BCUT2D eigenvalue weighted by Gasteiger charge is 2.26. The van der Waals surface area contributed by atoms with Gasteiger partial charge in [0.1, 0.15) is 6.61 Å². The maximum absolute atomic E-state index is 11.4. The van der Waals surface area contributed by atoms with Crippen LogP contribution in [0, 0.1) is 0 Å². The van der Waals surface area contributed by atoms with Crippen molar-refractivity contribution in [3.63, 3.8) is 0 Å². The van der Waals surface area contributed by atoms with E-state index < -0.39 is 0 Å². The van der Waals surface area contributed by atoms with Crippen LogP contribution in [-0.2, 0) is 16.0 Å². The van der Waals surface area contributed by atoms with Crippen molar-refractivity contribution in [3.05, 3.63) is 35.4 Å². The first-order chi connectivity index (χ1) is 6.81. The van der Waals surface area contributed by atoms with Crippen molar-refractivity contribution >= 4 is 5.78 Å². The lowest BCUT2D eigenvalue weighted by Gasteiger charge is -2.07. The smallest absolute Gasteiger partial charge is 0.168 e. The van der Waals surface area contributed by atoms with Gasteiger partial charge in [0, 0.05) is 0 Å². The van der Waals surface area contributed by atoms with Crippen LogP contribution in [-0.4, -0.2) is 19.0 Å². The molecule has 1 fully saturated rings. The largest absolute Gasteiger partial charge is 0.373 e. The molecular formula is C12H14O2. The second-order valence-corrected chi connectivity index (χ2v) is 3.63. The Bertz CT molecular complexity index is 344. The molecule has 0 bridgehead atoms. The Balaban J connectivity index is 2.26. The molecule has 1 aromatic rings. The maximum atomic E-state index is 11.4. The highest BCUT2D eigenvalue weighted by atomic mass is 16.5. The normalized spacial score (nSPS) is 21.5. The molecule has 0 saturated carbocycles. The molecule has 0 aliphatic carbocycles. The van der Waals surface area contributed by atoms with Crippen LogP contribution >= 0.6 is 0 Å². The molecule has 0 N–H and O–H groups in total. The van der Waals surface area contributed by atoms with Gasteiger partial charge in [0.25, 0.3) is 0 Å². The maximum Gasteiger partial charge on any atom is 0.168 e. The Morgan fingerprint density at radius 1 is 1.50 bits per heavy atom. The van der Waals surface area contributed by atoms with E-state index >= 15 is 0 Å². The lowest BCUT2D eigenvalue weighted by atomic mass is 9.95. The van der Waals surface area contributed by atoms with Crippen LogP contribution in [0.2, 0.25) is 0 Å². The number of Topliss-reactive ketones (excluding diaryl/α,β-unsaturated/α-hetero) is 1. The molecule has 74 valence electrons. The Labute approximate surface area is 83.9 Å².